The molecule has 0 unspecified atom stereocenters. The average Bonchev–Trinajstić information content (AvgIpc) is 2.80. The normalized spacial score (nSPS) is 10.5. The molecule has 0 spiro atoms. The summed E-state index contributed by atoms with van der Waals surface area (Å²) in [5, 5.41) is 14.5. The lowest BCUT2D eigenvalue weighted by Gasteiger charge is -2.10. The summed E-state index contributed by atoms with van der Waals surface area (Å²) in [6.07, 6.45) is 1.38. The van der Waals surface area contributed by atoms with Crippen LogP contribution in [0.2, 0.25) is 0 Å². The molecule has 0 aromatic heterocycles. The van der Waals surface area contributed by atoms with Crippen molar-refractivity contribution in [3.63, 3.8) is 0 Å². The molecule has 0 aliphatic rings. The molecule has 9 nitrogen and oxygen atoms in total. The van der Waals surface area contributed by atoms with Gasteiger partial charge in [-0.3, -0.25) is 14.9 Å². The summed E-state index contributed by atoms with van der Waals surface area (Å²) in [7, 11) is 1.44. The van der Waals surface area contributed by atoms with Gasteiger partial charge in [-0.1, -0.05) is 18.2 Å². The second-order valence-corrected chi connectivity index (χ2v) is 6.17. The molecule has 9 heteroatoms. The Morgan fingerprint density at radius 3 is 2.32 bits per heavy atom. The molecular weight excluding hydrogens is 402 g/mol. The summed E-state index contributed by atoms with van der Waals surface area (Å²) < 4.78 is 10.6. The first-order valence-electron chi connectivity index (χ1n) is 9.01. The number of hydrogen-bond acceptors (Lipinski definition) is 7. The van der Waals surface area contributed by atoms with Gasteiger partial charge in [0.25, 0.3) is 11.6 Å². The van der Waals surface area contributed by atoms with Crippen LogP contribution < -0.4 is 14.9 Å². The molecule has 0 saturated carbocycles. The molecule has 0 aliphatic heterocycles. The Labute approximate surface area is 177 Å². The number of nitrogens with zero attached hydrogens (tertiary/aromatic N) is 2. The Morgan fingerprint density at radius 2 is 1.68 bits per heavy atom. The van der Waals surface area contributed by atoms with Crippen LogP contribution in [0.25, 0.3) is 0 Å². The topological polar surface area (TPSA) is 120 Å². The minimum absolute atomic E-state index is 0.111. The lowest BCUT2D eigenvalue weighted by Crippen LogP contribution is -2.17. The number of hydrogen-bond donors (Lipinski definition) is 1. The fraction of sp³-hybridized carbons (Fsp3) is 0.0455. The summed E-state index contributed by atoms with van der Waals surface area (Å²) in [5.41, 5.74) is 3.44. The predicted octanol–water partition coefficient (Wildman–Crippen LogP) is 3.59. The Morgan fingerprint density at radius 1 is 0.968 bits per heavy atom. The van der Waals surface area contributed by atoms with E-state index in [0.717, 1.165) is 0 Å². The van der Waals surface area contributed by atoms with Crippen molar-refractivity contribution in [1.82, 2.24) is 5.43 Å². The molecule has 0 radical (unpaired) electrons. The number of benzene rings is 3. The quantitative estimate of drug-likeness (QED) is 0.205. The van der Waals surface area contributed by atoms with Gasteiger partial charge in [-0.05, 0) is 48.0 Å². The molecule has 3 aromatic rings. The van der Waals surface area contributed by atoms with Gasteiger partial charge >= 0.3 is 5.97 Å². The number of ether oxygens (including phenoxy) is 2. The number of nitrogens with one attached hydrogen (secondary N) is 1. The van der Waals surface area contributed by atoms with E-state index < -0.39 is 16.8 Å². The monoisotopic (exact) mass is 419 g/mol. The summed E-state index contributed by atoms with van der Waals surface area (Å²) in [6.45, 7) is 0. The van der Waals surface area contributed by atoms with Crippen LogP contribution in [0, 0.1) is 10.1 Å². The van der Waals surface area contributed by atoms with E-state index in [4.69, 9.17) is 9.47 Å². The Hall–Kier alpha value is -4.53. The van der Waals surface area contributed by atoms with E-state index in [0.29, 0.717) is 16.9 Å². The zero-order valence-corrected chi connectivity index (χ0v) is 16.3. The molecule has 0 bridgehead atoms. The molecule has 3 aromatic carbocycles. The Balaban J connectivity index is 1.65. The second-order valence-electron chi connectivity index (χ2n) is 6.17. The number of non-ortho nitro benzene ring substituents is 1. The molecule has 0 heterocycles. The fourth-order valence-electron chi connectivity index (χ4n) is 2.55. The largest absolute Gasteiger partial charge is 0.493 e. The molecule has 0 fully saturated rings. The Bertz CT molecular complexity index is 1130. The number of methoxy groups -OCH3 is 1. The number of hydrazone groups is 1. The van der Waals surface area contributed by atoms with Crippen LogP contribution in [0.5, 0.6) is 11.5 Å². The lowest BCUT2D eigenvalue weighted by atomic mass is 10.2. The van der Waals surface area contributed by atoms with Crippen molar-refractivity contribution >= 4 is 23.8 Å². The van der Waals surface area contributed by atoms with Gasteiger partial charge in [-0.2, -0.15) is 5.10 Å². The summed E-state index contributed by atoms with van der Waals surface area (Å²) >= 11 is 0. The van der Waals surface area contributed by atoms with E-state index in [1.807, 2.05) is 0 Å². The van der Waals surface area contributed by atoms with Crippen molar-refractivity contribution in [2.75, 3.05) is 7.11 Å². The number of nitro groups is 1. The SMILES string of the molecule is COc1cc(/C=N\NC(=O)c2ccc([N+](=O)[O-])cc2)ccc1OC(=O)c1ccccc1. The lowest BCUT2D eigenvalue weighted by molar-refractivity contribution is -0.384. The summed E-state index contributed by atoms with van der Waals surface area (Å²) in [6, 6.07) is 18.5. The van der Waals surface area contributed by atoms with Gasteiger partial charge in [0.05, 0.1) is 23.8 Å². The standard InChI is InChI=1S/C22H17N3O6/c1-30-20-13-15(7-12-19(20)31-22(27)17-5-3-2-4-6-17)14-23-24-21(26)16-8-10-18(11-9-16)25(28)29/h2-14H,1H3,(H,24,26)/b23-14-. The molecule has 156 valence electrons. The van der Waals surface area contributed by atoms with Crippen molar-refractivity contribution < 1.29 is 24.0 Å². The highest BCUT2D eigenvalue weighted by Gasteiger charge is 2.13. The highest BCUT2D eigenvalue weighted by Crippen LogP contribution is 2.28. The third-order valence-electron chi connectivity index (χ3n) is 4.12. The third kappa shape index (κ3) is 5.51. The maximum absolute atomic E-state index is 12.2. The maximum atomic E-state index is 12.2. The molecule has 1 N–H and O–H groups in total. The number of esters is 1. The van der Waals surface area contributed by atoms with Crippen LogP contribution in [0.1, 0.15) is 26.3 Å². The predicted molar refractivity (Wildman–Crippen MR) is 113 cm³/mol. The highest BCUT2D eigenvalue weighted by molar-refractivity contribution is 5.95. The van der Waals surface area contributed by atoms with Crippen LogP contribution in [0.3, 0.4) is 0 Å². The van der Waals surface area contributed by atoms with Crippen molar-refractivity contribution in [1.29, 1.82) is 0 Å². The van der Waals surface area contributed by atoms with Crippen molar-refractivity contribution in [3.05, 3.63) is 99.6 Å². The summed E-state index contributed by atoms with van der Waals surface area (Å²) in [4.78, 5) is 34.4. The molecule has 0 atom stereocenters. The van der Waals surface area contributed by atoms with Crippen LogP contribution >= 0.6 is 0 Å². The van der Waals surface area contributed by atoms with Gasteiger partial charge in [0.2, 0.25) is 0 Å². The molecule has 0 saturated heterocycles. The van der Waals surface area contributed by atoms with E-state index in [1.165, 1.54) is 37.6 Å². The first-order chi connectivity index (χ1) is 15.0. The van der Waals surface area contributed by atoms with Gasteiger partial charge in [0, 0.05) is 17.7 Å². The minimum Gasteiger partial charge on any atom is -0.493 e. The smallest absolute Gasteiger partial charge is 0.343 e. The van der Waals surface area contributed by atoms with Crippen molar-refractivity contribution in [3.8, 4) is 11.5 Å². The number of carbonyl (C=O) groups excluding carboxylic acids is 2. The van der Waals surface area contributed by atoms with E-state index >= 15 is 0 Å². The van der Waals surface area contributed by atoms with Gasteiger partial charge in [-0.15, -0.1) is 0 Å². The maximum Gasteiger partial charge on any atom is 0.343 e. The van der Waals surface area contributed by atoms with E-state index in [9.17, 15) is 19.7 Å². The number of amides is 1. The van der Waals surface area contributed by atoms with E-state index in [1.54, 1.807) is 48.5 Å². The first-order valence-corrected chi connectivity index (χ1v) is 9.01. The molecule has 0 aliphatic carbocycles. The fourth-order valence-corrected chi connectivity index (χ4v) is 2.55. The van der Waals surface area contributed by atoms with Crippen LogP contribution in [-0.4, -0.2) is 30.1 Å². The van der Waals surface area contributed by atoms with Crippen LogP contribution in [0.15, 0.2) is 77.9 Å². The number of carbonyl (C=O) groups is 2. The third-order valence-corrected chi connectivity index (χ3v) is 4.12. The molecule has 1 amide bonds. The average molecular weight is 419 g/mol. The van der Waals surface area contributed by atoms with Crippen molar-refractivity contribution in [2.24, 2.45) is 5.10 Å². The second kappa shape index (κ2) is 9.79. The van der Waals surface area contributed by atoms with Gasteiger partial charge in [0.1, 0.15) is 0 Å². The minimum atomic E-state index is -0.548. The first kappa shape index (κ1) is 21.2. The molecular formula is C22H17N3O6. The zero-order valence-electron chi connectivity index (χ0n) is 16.3. The van der Waals surface area contributed by atoms with Crippen molar-refractivity contribution in [2.45, 2.75) is 0 Å². The van der Waals surface area contributed by atoms with Gasteiger partial charge in [-0.25, -0.2) is 10.2 Å². The van der Waals surface area contributed by atoms with Gasteiger partial charge < -0.3 is 9.47 Å². The van der Waals surface area contributed by atoms with Crippen LogP contribution in [0.4, 0.5) is 5.69 Å². The Kier molecular flexibility index (Phi) is 6.69. The van der Waals surface area contributed by atoms with Gasteiger partial charge in [0.15, 0.2) is 11.5 Å². The van der Waals surface area contributed by atoms with E-state index in [-0.39, 0.29) is 17.0 Å². The molecule has 31 heavy (non-hydrogen) atoms. The highest BCUT2D eigenvalue weighted by atomic mass is 16.6. The van der Waals surface area contributed by atoms with Crippen LogP contribution in [-0.2, 0) is 0 Å². The summed E-state index contributed by atoms with van der Waals surface area (Å²) in [5.74, 6) is -0.486. The number of rotatable bonds is 7. The zero-order chi connectivity index (χ0) is 22.2. The molecule has 3 rings (SSSR count). The number of nitro benzene ring substituents is 1. The van der Waals surface area contributed by atoms with E-state index in [2.05, 4.69) is 10.5 Å².